The van der Waals surface area contributed by atoms with Gasteiger partial charge in [-0.3, -0.25) is 9.59 Å². The smallest absolute Gasteiger partial charge is 0.272 e. The van der Waals surface area contributed by atoms with Gasteiger partial charge in [-0.1, -0.05) is 23.4 Å². The summed E-state index contributed by atoms with van der Waals surface area (Å²) in [7, 11) is 1.80. The standard InChI is InChI=1S/C21H22N6O3/c1-14-23-20(30-24-14)21-11-26(18(28)15-6-4-3-5-7-15)9-16(21)10-27(12-21)19(29)17-8-22-13-25(17)2/h3-8,13,16H,9-12H2,1-2H3/t16-,21-/m1/s1. The molecule has 154 valence electrons. The van der Waals surface area contributed by atoms with Gasteiger partial charge in [0.15, 0.2) is 5.82 Å². The van der Waals surface area contributed by atoms with E-state index in [9.17, 15) is 9.59 Å². The highest BCUT2D eigenvalue weighted by Gasteiger charge is 2.59. The number of carbonyl (C=O) groups is 2. The van der Waals surface area contributed by atoms with Gasteiger partial charge in [-0.2, -0.15) is 4.98 Å². The predicted octanol–water partition coefficient (Wildman–Crippen LogP) is 1.28. The van der Waals surface area contributed by atoms with Gasteiger partial charge in [-0.15, -0.1) is 0 Å². The number of aromatic nitrogens is 4. The van der Waals surface area contributed by atoms with E-state index in [-0.39, 0.29) is 17.7 Å². The number of amides is 2. The van der Waals surface area contributed by atoms with Crippen LogP contribution in [0.3, 0.4) is 0 Å². The molecule has 9 nitrogen and oxygen atoms in total. The van der Waals surface area contributed by atoms with Crippen LogP contribution in [0.1, 0.15) is 32.6 Å². The first-order chi connectivity index (χ1) is 14.5. The number of benzene rings is 1. The summed E-state index contributed by atoms with van der Waals surface area (Å²) in [6, 6.07) is 9.24. The summed E-state index contributed by atoms with van der Waals surface area (Å²) >= 11 is 0. The van der Waals surface area contributed by atoms with E-state index in [0.29, 0.717) is 49.2 Å². The molecule has 0 aliphatic carbocycles. The minimum absolute atomic E-state index is 0.0159. The van der Waals surface area contributed by atoms with Gasteiger partial charge in [0.05, 0.1) is 17.9 Å². The van der Waals surface area contributed by atoms with Crippen molar-refractivity contribution in [2.24, 2.45) is 13.0 Å². The first-order valence-corrected chi connectivity index (χ1v) is 9.88. The maximum absolute atomic E-state index is 13.1. The van der Waals surface area contributed by atoms with Gasteiger partial charge in [0.1, 0.15) is 5.69 Å². The number of fused-ring (bicyclic) bond motifs is 1. The number of rotatable bonds is 3. The average molecular weight is 406 g/mol. The van der Waals surface area contributed by atoms with Crippen LogP contribution in [0.15, 0.2) is 47.4 Å². The summed E-state index contributed by atoms with van der Waals surface area (Å²) < 4.78 is 7.29. The van der Waals surface area contributed by atoms with Crippen LogP contribution in [0, 0.1) is 12.8 Å². The van der Waals surface area contributed by atoms with Crippen LogP contribution in [0.5, 0.6) is 0 Å². The molecule has 5 rings (SSSR count). The second-order valence-corrected chi connectivity index (χ2v) is 8.13. The van der Waals surface area contributed by atoms with Crippen LogP contribution >= 0.6 is 0 Å². The lowest BCUT2D eigenvalue weighted by atomic mass is 9.81. The Morgan fingerprint density at radius 2 is 1.80 bits per heavy atom. The third-order valence-corrected chi connectivity index (χ3v) is 6.19. The fourth-order valence-electron chi connectivity index (χ4n) is 4.66. The summed E-state index contributed by atoms with van der Waals surface area (Å²) in [6.45, 7) is 3.67. The molecule has 0 unspecified atom stereocenters. The van der Waals surface area contributed by atoms with E-state index < -0.39 is 5.41 Å². The topological polar surface area (TPSA) is 97.4 Å². The van der Waals surface area contributed by atoms with Crippen LogP contribution < -0.4 is 0 Å². The summed E-state index contributed by atoms with van der Waals surface area (Å²) in [6.07, 6.45) is 3.19. The van der Waals surface area contributed by atoms with Gasteiger partial charge in [0.2, 0.25) is 5.89 Å². The molecule has 2 aliphatic rings. The van der Waals surface area contributed by atoms with E-state index in [0.717, 1.165) is 0 Å². The molecule has 0 bridgehead atoms. The maximum Gasteiger partial charge on any atom is 0.272 e. The minimum atomic E-state index is -0.569. The van der Waals surface area contributed by atoms with Crippen molar-refractivity contribution in [2.75, 3.05) is 26.2 Å². The number of likely N-dealkylation sites (tertiary alicyclic amines) is 2. The van der Waals surface area contributed by atoms with Crippen molar-refractivity contribution in [1.82, 2.24) is 29.5 Å². The fourth-order valence-corrected chi connectivity index (χ4v) is 4.66. The lowest BCUT2D eigenvalue weighted by Crippen LogP contribution is -2.41. The highest BCUT2D eigenvalue weighted by atomic mass is 16.5. The number of hydrogen-bond donors (Lipinski definition) is 0. The van der Waals surface area contributed by atoms with Gasteiger partial charge in [0.25, 0.3) is 11.8 Å². The Balaban J connectivity index is 1.46. The second-order valence-electron chi connectivity index (χ2n) is 8.13. The van der Waals surface area contributed by atoms with Gasteiger partial charge < -0.3 is 18.9 Å². The fraction of sp³-hybridized carbons (Fsp3) is 0.381. The monoisotopic (exact) mass is 406 g/mol. The highest BCUT2D eigenvalue weighted by Crippen LogP contribution is 2.45. The Labute approximate surface area is 173 Å². The van der Waals surface area contributed by atoms with E-state index in [1.54, 1.807) is 31.1 Å². The van der Waals surface area contributed by atoms with Crippen molar-refractivity contribution in [2.45, 2.75) is 12.3 Å². The number of imidazole rings is 1. The Kier molecular flexibility index (Phi) is 4.19. The molecule has 0 radical (unpaired) electrons. The zero-order valence-electron chi connectivity index (χ0n) is 16.9. The van der Waals surface area contributed by atoms with E-state index in [1.165, 1.54) is 0 Å². The average Bonchev–Trinajstić information content (AvgIpc) is 3.50. The molecular weight excluding hydrogens is 384 g/mol. The zero-order chi connectivity index (χ0) is 20.9. The Morgan fingerprint density at radius 1 is 1.10 bits per heavy atom. The van der Waals surface area contributed by atoms with Crippen LogP contribution in [0.4, 0.5) is 0 Å². The third kappa shape index (κ3) is 2.80. The normalized spacial score (nSPS) is 23.1. The Bertz CT molecular complexity index is 1110. The summed E-state index contributed by atoms with van der Waals surface area (Å²) in [5.41, 5.74) is 0.612. The third-order valence-electron chi connectivity index (χ3n) is 6.19. The van der Waals surface area contributed by atoms with E-state index >= 15 is 0 Å². The first-order valence-electron chi connectivity index (χ1n) is 9.88. The van der Waals surface area contributed by atoms with Gasteiger partial charge in [-0.25, -0.2) is 4.98 Å². The van der Waals surface area contributed by atoms with Crippen molar-refractivity contribution < 1.29 is 14.1 Å². The van der Waals surface area contributed by atoms with E-state index in [1.807, 2.05) is 40.1 Å². The number of nitrogens with zero attached hydrogens (tertiary/aromatic N) is 6. The number of hydrogen-bond acceptors (Lipinski definition) is 6. The van der Waals surface area contributed by atoms with Crippen LogP contribution in [0.25, 0.3) is 0 Å². The maximum atomic E-state index is 13.1. The lowest BCUT2D eigenvalue weighted by molar-refractivity contribution is 0.0722. The van der Waals surface area contributed by atoms with Crippen molar-refractivity contribution in [3.63, 3.8) is 0 Å². The van der Waals surface area contributed by atoms with Gasteiger partial charge >= 0.3 is 0 Å². The quantitative estimate of drug-likeness (QED) is 0.650. The van der Waals surface area contributed by atoms with Crippen molar-refractivity contribution in [3.8, 4) is 0 Å². The van der Waals surface area contributed by atoms with Crippen molar-refractivity contribution >= 4 is 11.8 Å². The zero-order valence-corrected chi connectivity index (χ0v) is 16.9. The van der Waals surface area contributed by atoms with Crippen LogP contribution in [-0.2, 0) is 12.5 Å². The van der Waals surface area contributed by atoms with E-state index in [4.69, 9.17) is 4.52 Å². The molecule has 2 aromatic heterocycles. The first kappa shape index (κ1) is 18.5. The largest absolute Gasteiger partial charge is 0.339 e. The molecular formula is C21H22N6O3. The Morgan fingerprint density at radius 3 is 2.40 bits per heavy atom. The second kappa shape index (κ2) is 6.79. The van der Waals surface area contributed by atoms with Crippen LogP contribution in [0.2, 0.25) is 0 Å². The number of carbonyl (C=O) groups excluding carboxylic acids is 2. The molecule has 4 heterocycles. The molecule has 2 fully saturated rings. The van der Waals surface area contributed by atoms with Gasteiger partial charge in [-0.05, 0) is 19.1 Å². The number of aryl methyl sites for hydroxylation is 2. The molecule has 30 heavy (non-hydrogen) atoms. The lowest BCUT2D eigenvalue weighted by Gasteiger charge is -2.26. The molecule has 0 saturated carbocycles. The molecule has 0 spiro atoms. The SMILES string of the molecule is Cc1noc([C@@]23CN(C(=O)c4ccccc4)C[C@@H]2CN(C(=O)c2cncn2C)C3)n1. The highest BCUT2D eigenvalue weighted by molar-refractivity contribution is 5.95. The molecule has 2 amide bonds. The Hall–Kier alpha value is -3.49. The molecule has 3 aromatic rings. The predicted molar refractivity (Wildman–Crippen MR) is 106 cm³/mol. The van der Waals surface area contributed by atoms with E-state index in [2.05, 4.69) is 15.1 Å². The minimum Gasteiger partial charge on any atom is -0.339 e. The van der Waals surface area contributed by atoms with Crippen molar-refractivity contribution in [1.29, 1.82) is 0 Å². The molecule has 9 heteroatoms. The molecule has 1 aromatic carbocycles. The van der Waals surface area contributed by atoms with Gasteiger partial charge in [0, 0.05) is 44.7 Å². The molecule has 2 saturated heterocycles. The van der Waals surface area contributed by atoms with Crippen LogP contribution in [-0.4, -0.2) is 67.5 Å². The molecule has 0 N–H and O–H groups in total. The molecule has 2 atom stereocenters. The summed E-state index contributed by atoms with van der Waals surface area (Å²) in [5.74, 6) is 0.948. The summed E-state index contributed by atoms with van der Waals surface area (Å²) in [5, 5.41) is 3.97. The summed E-state index contributed by atoms with van der Waals surface area (Å²) in [4.78, 5) is 38.4. The van der Waals surface area contributed by atoms with Crippen molar-refractivity contribution in [3.05, 3.63) is 65.8 Å². The molecule has 2 aliphatic heterocycles.